The van der Waals surface area contributed by atoms with Gasteiger partial charge in [0.1, 0.15) is 0 Å². The van der Waals surface area contributed by atoms with E-state index in [4.69, 9.17) is 0 Å². The second-order valence-corrected chi connectivity index (χ2v) is 8.35. The van der Waals surface area contributed by atoms with Crippen molar-refractivity contribution in [2.45, 2.75) is 9.79 Å². The number of hydrogen-bond acceptors (Lipinski definition) is 2. The number of carbonyl (C=O) groups is 1. The largest absolute Gasteiger partial charge is 0.289 e. The van der Waals surface area contributed by atoms with E-state index in [1.54, 1.807) is 0 Å². The Bertz CT molecular complexity index is 1250. The average Bonchev–Trinajstić information content (AvgIpc) is 2.79. The molecule has 4 aromatic carbocycles. The van der Waals surface area contributed by atoms with Crippen LogP contribution >= 0.6 is 11.8 Å². The Labute approximate surface area is 173 Å². The predicted octanol–water partition coefficient (Wildman–Crippen LogP) is 6.70. The summed E-state index contributed by atoms with van der Waals surface area (Å²) in [6.07, 6.45) is 0. The summed E-state index contributed by atoms with van der Waals surface area (Å²) >= 11 is 1.81. The van der Waals surface area contributed by atoms with E-state index in [9.17, 15) is 4.79 Å². The molecule has 0 radical (unpaired) electrons. The fourth-order valence-electron chi connectivity index (χ4n) is 4.41. The maximum Gasteiger partial charge on any atom is 0.194 e. The monoisotopic (exact) mass is 388 g/mol. The van der Waals surface area contributed by atoms with Crippen LogP contribution in [-0.4, -0.2) is 5.78 Å². The zero-order chi connectivity index (χ0) is 19.4. The molecule has 29 heavy (non-hydrogen) atoms. The minimum Gasteiger partial charge on any atom is -0.289 e. The first-order valence-electron chi connectivity index (χ1n) is 9.67. The van der Waals surface area contributed by atoms with Gasteiger partial charge in [-0.15, -0.1) is 0 Å². The summed E-state index contributed by atoms with van der Waals surface area (Å²) in [6.45, 7) is 0. The molecule has 0 unspecified atom stereocenters. The van der Waals surface area contributed by atoms with E-state index in [-0.39, 0.29) is 5.78 Å². The first-order valence-corrected chi connectivity index (χ1v) is 10.5. The third-order valence-corrected chi connectivity index (χ3v) is 6.82. The molecule has 6 rings (SSSR count). The highest BCUT2D eigenvalue weighted by atomic mass is 32.2. The van der Waals surface area contributed by atoms with Crippen molar-refractivity contribution in [3.05, 3.63) is 130 Å². The van der Waals surface area contributed by atoms with E-state index in [0.29, 0.717) is 0 Å². The van der Waals surface area contributed by atoms with Crippen LogP contribution < -0.4 is 0 Å². The lowest BCUT2D eigenvalue weighted by Gasteiger charge is -2.29. The number of benzene rings is 4. The number of ketones is 1. The summed E-state index contributed by atoms with van der Waals surface area (Å²) in [4.78, 5) is 15.7. The van der Waals surface area contributed by atoms with E-state index < -0.39 is 0 Å². The molecule has 0 atom stereocenters. The molecule has 1 aliphatic carbocycles. The molecule has 0 amide bonds. The van der Waals surface area contributed by atoms with Crippen molar-refractivity contribution in [2.75, 3.05) is 0 Å². The topological polar surface area (TPSA) is 17.1 Å². The van der Waals surface area contributed by atoms with Crippen molar-refractivity contribution >= 4 is 28.7 Å². The fourth-order valence-corrected chi connectivity index (χ4v) is 5.51. The Morgan fingerprint density at radius 2 is 0.759 bits per heavy atom. The highest BCUT2D eigenvalue weighted by molar-refractivity contribution is 7.99. The fraction of sp³-hybridized carbons (Fsp3) is 0. The van der Waals surface area contributed by atoms with Crippen molar-refractivity contribution in [3.63, 3.8) is 0 Å². The highest BCUT2D eigenvalue weighted by Crippen LogP contribution is 2.50. The van der Waals surface area contributed by atoms with Gasteiger partial charge >= 0.3 is 0 Å². The van der Waals surface area contributed by atoms with Crippen molar-refractivity contribution in [2.24, 2.45) is 0 Å². The lowest BCUT2D eigenvalue weighted by atomic mass is 9.76. The molecular formula is C27H16OS. The number of fused-ring (bicyclic) bond motifs is 4. The minimum atomic E-state index is 0.104. The molecule has 136 valence electrons. The SMILES string of the molecule is O=C1c2ccccc2C(=C2c3ccccc3Sc3ccccc32)c2ccccc21. The van der Waals surface area contributed by atoms with Crippen LogP contribution in [0.3, 0.4) is 0 Å². The van der Waals surface area contributed by atoms with Crippen LogP contribution in [0.25, 0.3) is 11.1 Å². The molecule has 0 aromatic heterocycles. The second-order valence-electron chi connectivity index (χ2n) is 7.26. The lowest BCUT2D eigenvalue weighted by Crippen LogP contribution is -2.16. The molecule has 4 aromatic rings. The average molecular weight is 388 g/mol. The van der Waals surface area contributed by atoms with Crippen LogP contribution in [0.2, 0.25) is 0 Å². The van der Waals surface area contributed by atoms with Crippen molar-refractivity contribution in [1.29, 1.82) is 0 Å². The third-order valence-electron chi connectivity index (χ3n) is 5.66. The second kappa shape index (κ2) is 6.33. The molecule has 0 bridgehead atoms. The number of hydrogen-bond donors (Lipinski definition) is 0. The molecule has 1 heterocycles. The molecule has 2 aliphatic rings. The standard InChI is InChI=1S/C27H16OS/c28-27-19-11-3-1-9-17(19)25(18-10-2-4-12-20(18)27)26-21-13-5-7-15-23(21)29-24-16-8-6-14-22(24)26/h1-16H. The van der Waals surface area contributed by atoms with Crippen molar-refractivity contribution in [1.82, 2.24) is 0 Å². The van der Waals surface area contributed by atoms with Gasteiger partial charge in [-0.2, -0.15) is 0 Å². The zero-order valence-electron chi connectivity index (χ0n) is 15.6. The molecule has 1 aliphatic heterocycles. The van der Waals surface area contributed by atoms with Gasteiger partial charge in [0, 0.05) is 20.9 Å². The maximum absolute atomic E-state index is 13.2. The van der Waals surface area contributed by atoms with E-state index in [1.807, 2.05) is 48.2 Å². The van der Waals surface area contributed by atoms with Crippen molar-refractivity contribution < 1.29 is 4.79 Å². The highest BCUT2D eigenvalue weighted by Gasteiger charge is 2.31. The lowest BCUT2D eigenvalue weighted by molar-refractivity contribution is 0.103. The van der Waals surface area contributed by atoms with Gasteiger partial charge in [0.05, 0.1) is 0 Å². The molecule has 1 nitrogen and oxygen atoms in total. The van der Waals surface area contributed by atoms with Gasteiger partial charge in [0.15, 0.2) is 5.78 Å². The van der Waals surface area contributed by atoms with Gasteiger partial charge in [0.25, 0.3) is 0 Å². The summed E-state index contributed by atoms with van der Waals surface area (Å²) < 4.78 is 0. The summed E-state index contributed by atoms with van der Waals surface area (Å²) in [5.74, 6) is 0.104. The Morgan fingerprint density at radius 1 is 0.414 bits per heavy atom. The molecule has 0 saturated heterocycles. The summed E-state index contributed by atoms with van der Waals surface area (Å²) in [6, 6.07) is 33.1. The normalized spacial score (nSPS) is 14.0. The van der Waals surface area contributed by atoms with Gasteiger partial charge < -0.3 is 0 Å². The first-order chi connectivity index (χ1) is 14.3. The first kappa shape index (κ1) is 16.6. The summed E-state index contributed by atoms with van der Waals surface area (Å²) in [5.41, 5.74) is 8.41. The van der Waals surface area contributed by atoms with Crippen LogP contribution in [0.15, 0.2) is 107 Å². The molecule has 0 saturated carbocycles. The van der Waals surface area contributed by atoms with Crippen LogP contribution in [-0.2, 0) is 0 Å². The molecule has 0 spiro atoms. The third kappa shape index (κ3) is 2.39. The summed E-state index contributed by atoms with van der Waals surface area (Å²) in [7, 11) is 0. The number of carbonyl (C=O) groups excluding carboxylic acids is 1. The van der Waals surface area contributed by atoms with Gasteiger partial charge in [-0.05, 0) is 45.5 Å². The van der Waals surface area contributed by atoms with Crippen LogP contribution in [0.5, 0.6) is 0 Å². The van der Waals surface area contributed by atoms with Gasteiger partial charge in [-0.3, -0.25) is 4.79 Å². The van der Waals surface area contributed by atoms with Crippen LogP contribution in [0, 0.1) is 0 Å². The van der Waals surface area contributed by atoms with Gasteiger partial charge in [0.2, 0.25) is 0 Å². The van der Waals surface area contributed by atoms with E-state index >= 15 is 0 Å². The van der Waals surface area contributed by atoms with Gasteiger partial charge in [-0.1, -0.05) is 96.7 Å². The van der Waals surface area contributed by atoms with E-state index in [0.717, 1.165) is 27.8 Å². The van der Waals surface area contributed by atoms with Gasteiger partial charge in [-0.25, -0.2) is 0 Å². The molecule has 0 fully saturated rings. The Kier molecular flexibility index (Phi) is 3.62. The Hall–Kier alpha value is -3.36. The smallest absolute Gasteiger partial charge is 0.194 e. The number of rotatable bonds is 0. The summed E-state index contributed by atoms with van der Waals surface area (Å²) in [5, 5.41) is 0. The Balaban J connectivity index is 1.82. The molecule has 2 heteroatoms. The molecular weight excluding hydrogens is 372 g/mol. The van der Waals surface area contributed by atoms with Crippen LogP contribution in [0.1, 0.15) is 38.2 Å². The van der Waals surface area contributed by atoms with Crippen LogP contribution in [0.4, 0.5) is 0 Å². The Morgan fingerprint density at radius 3 is 1.24 bits per heavy atom. The predicted molar refractivity (Wildman–Crippen MR) is 118 cm³/mol. The molecule has 0 N–H and O–H groups in total. The quantitative estimate of drug-likeness (QED) is 0.288. The van der Waals surface area contributed by atoms with Crippen molar-refractivity contribution in [3.8, 4) is 0 Å². The van der Waals surface area contributed by atoms with E-state index in [1.165, 1.54) is 26.5 Å². The zero-order valence-corrected chi connectivity index (χ0v) is 16.4. The minimum absolute atomic E-state index is 0.104. The van der Waals surface area contributed by atoms with E-state index in [2.05, 4.69) is 60.7 Å². The maximum atomic E-state index is 13.2.